The molecule has 1 nitrogen and oxygen atoms in total. The van der Waals surface area contributed by atoms with Gasteiger partial charge < -0.3 is 5.32 Å². The van der Waals surface area contributed by atoms with Gasteiger partial charge in [-0.15, -0.1) is 12.4 Å². The van der Waals surface area contributed by atoms with Crippen LogP contribution in [-0.2, 0) is 5.41 Å². The van der Waals surface area contributed by atoms with Crippen molar-refractivity contribution in [3.63, 3.8) is 0 Å². The summed E-state index contributed by atoms with van der Waals surface area (Å²) < 4.78 is 13.7. The Morgan fingerprint density at radius 2 is 2.22 bits per heavy atom. The average molecular weight is 270 g/mol. The molecule has 3 unspecified atom stereocenters. The first-order chi connectivity index (χ1) is 8.18. The van der Waals surface area contributed by atoms with E-state index in [1.54, 1.807) is 6.07 Å². The van der Waals surface area contributed by atoms with Crippen LogP contribution >= 0.6 is 12.4 Å². The molecule has 0 bridgehead atoms. The molecule has 18 heavy (non-hydrogen) atoms. The molecule has 100 valence electrons. The SMILES string of the molecule is CCCC1NCC2CC21c1ccc(C)c(F)c1.Cl. The number of hydrogen-bond acceptors (Lipinski definition) is 1. The van der Waals surface area contributed by atoms with Crippen LogP contribution in [-0.4, -0.2) is 12.6 Å². The number of nitrogens with one attached hydrogen (secondary N) is 1. The second-order valence-corrected chi connectivity index (χ2v) is 5.65. The van der Waals surface area contributed by atoms with E-state index in [2.05, 4.69) is 18.3 Å². The zero-order chi connectivity index (χ0) is 12.0. The second-order valence-electron chi connectivity index (χ2n) is 5.65. The third kappa shape index (κ3) is 1.86. The van der Waals surface area contributed by atoms with Crippen LogP contribution in [0.1, 0.15) is 37.3 Å². The van der Waals surface area contributed by atoms with Crippen molar-refractivity contribution in [3.8, 4) is 0 Å². The molecule has 3 rings (SSSR count). The van der Waals surface area contributed by atoms with E-state index in [1.807, 2.05) is 13.0 Å². The van der Waals surface area contributed by atoms with Crippen molar-refractivity contribution in [1.82, 2.24) is 5.32 Å². The van der Waals surface area contributed by atoms with Crippen molar-refractivity contribution in [2.75, 3.05) is 6.54 Å². The Kier molecular flexibility index (Phi) is 3.70. The number of aryl methyl sites for hydroxylation is 1. The van der Waals surface area contributed by atoms with Crippen molar-refractivity contribution in [3.05, 3.63) is 35.1 Å². The summed E-state index contributed by atoms with van der Waals surface area (Å²) in [6.07, 6.45) is 3.64. The van der Waals surface area contributed by atoms with Crippen molar-refractivity contribution < 1.29 is 4.39 Å². The fourth-order valence-electron chi connectivity index (χ4n) is 3.58. The van der Waals surface area contributed by atoms with E-state index in [0.29, 0.717) is 6.04 Å². The van der Waals surface area contributed by atoms with Crippen LogP contribution < -0.4 is 5.32 Å². The summed E-state index contributed by atoms with van der Waals surface area (Å²) in [7, 11) is 0. The van der Waals surface area contributed by atoms with E-state index in [1.165, 1.54) is 24.8 Å². The quantitative estimate of drug-likeness (QED) is 0.884. The third-order valence-electron chi connectivity index (χ3n) is 4.67. The van der Waals surface area contributed by atoms with Gasteiger partial charge in [0.25, 0.3) is 0 Å². The minimum atomic E-state index is -0.0512. The molecular weight excluding hydrogens is 249 g/mol. The molecule has 0 aromatic heterocycles. The summed E-state index contributed by atoms with van der Waals surface area (Å²) in [5, 5.41) is 3.61. The van der Waals surface area contributed by atoms with Gasteiger partial charge in [0.15, 0.2) is 0 Å². The summed E-state index contributed by atoms with van der Waals surface area (Å²) in [6.45, 7) is 5.17. The summed E-state index contributed by atoms with van der Waals surface area (Å²) in [6, 6.07) is 6.38. The fourth-order valence-corrected chi connectivity index (χ4v) is 3.58. The lowest BCUT2D eigenvalue weighted by molar-refractivity contribution is 0.446. The second kappa shape index (κ2) is 4.82. The smallest absolute Gasteiger partial charge is 0.126 e. The maximum atomic E-state index is 13.7. The van der Waals surface area contributed by atoms with E-state index < -0.39 is 0 Å². The number of piperidine rings is 1. The molecule has 2 fully saturated rings. The van der Waals surface area contributed by atoms with Crippen LogP contribution in [0, 0.1) is 18.7 Å². The minimum absolute atomic E-state index is 0. The first-order valence-corrected chi connectivity index (χ1v) is 6.68. The highest BCUT2D eigenvalue weighted by atomic mass is 35.5. The summed E-state index contributed by atoms with van der Waals surface area (Å²) >= 11 is 0. The average Bonchev–Trinajstić information content (AvgIpc) is 2.95. The molecule has 1 saturated carbocycles. The zero-order valence-corrected chi connectivity index (χ0v) is 11.8. The normalized spacial score (nSPS) is 32.8. The summed E-state index contributed by atoms with van der Waals surface area (Å²) in [4.78, 5) is 0. The molecule has 3 heteroatoms. The Morgan fingerprint density at radius 1 is 1.44 bits per heavy atom. The van der Waals surface area contributed by atoms with Crippen LogP contribution in [0.3, 0.4) is 0 Å². The third-order valence-corrected chi connectivity index (χ3v) is 4.67. The lowest BCUT2D eigenvalue weighted by Crippen LogP contribution is -2.34. The van der Waals surface area contributed by atoms with Gasteiger partial charge >= 0.3 is 0 Å². The van der Waals surface area contributed by atoms with Crippen molar-refractivity contribution >= 4 is 12.4 Å². The van der Waals surface area contributed by atoms with Gasteiger partial charge in [0.2, 0.25) is 0 Å². The van der Waals surface area contributed by atoms with Gasteiger partial charge in [-0.25, -0.2) is 4.39 Å². The van der Waals surface area contributed by atoms with Crippen molar-refractivity contribution in [2.24, 2.45) is 5.92 Å². The Balaban J connectivity index is 0.00000120. The first-order valence-electron chi connectivity index (χ1n) is 6.68. The van der Waals surface area contributed by atoms with Gasteiger partial charge in [-0.1, -0.05) is 25.5 Å². The molecule has 1 aromatic carbocycles. The molecule has 0 amide bonds. The van der Waals surface area contributed by atoms with Crippen LogP contribution in [0.4, 0.5) is 4.39 Å². The largest absolute Gasteiger partial charge is 0.313 e. The number of halogens is 2. The fraction of sp³-hybridized carbons (Fsp3) is 0.600. The minimum Gasteiger partial charge on any atom is -0.313 e. The van der Waals surface area contributed by atoms with E-state index in [4.69, 9.17) is 0 Å². The molecule has 1 saturated heterocycles. The molecule has 1 heterocycles. The van der Waals surface area contributed by atoms with E-state index in [0.717, 1.165) is 18.0 Å². The Labute approximate surface area is 115 Å². The predicted molar refractivity (Wildman–Crippen MR) is 74.9 cm³/mol. The van der Waals surface area contributed by atoms with E-state index >= 15 is 0 Å². The molecule has 1 aromatic rings. The molecule has 3 atom stereocenters. The maximum absolute atomic E-state index is 13.7. The molecule has 0 spiro atoms. The van der Waals surface area contributed by atoms with Crippen LogP contribution in [0.25, 0.3) is 0 Å². The lowest BCUT2D eigenvalue weighted by Gasteiger charge is -2.24. The number of fused-ring (bicyclic) bond motifs is 1. The van der Waals surface area contributed by atoms with Gasteiger partial charge in [-0.3, -0.25) is 0 Å². The molecule has 1 N–H and O–H groups in total. The maximum Gasteiger partial charge on any atom is 0.126 e. The van der Waals surface area contributed by atoms with Gasteiger partial charge in [0, 0.05) is 11.5 Å². The van der Waals surface area contributed by atoms with Crippen LogP contribution in [0.5, 0.6) is 0 Å². The standard InChI is InChI=1S/C15H20FN.ClH/c1-3-4-14-15(8-12(15)9-17-14)11-6-5-10(2)13(16)7-11;/h5-7,12,14,17H,3-4,8-9H2,1-2H3;1H. The summed E-state index contributed by atoms with van der Waals surface area (Å²) in [5.74, 6) is 0.686. The molecular formula is C15H21ClFN. The Morgan fingerprint density at radius 3 is 2.83 bits per heavy atom. The summed E-state index contributed by atoms with van der Waals surface area (Å²) in [5.41, 5.74) is 2.22. The topological polar surface area (TPSA) is 12.0 Å². The number of rotatable bonds is 3. The number of hydrogen-bond donors (Lipinski definition) is 1. The lowest BCUT2D eigenvalue weighted by atomic mass is 9.85. The Bertz CT molecular complexity index is 448. The van der Waals surface area contributed by atoms with E-state index in [-0.39, 0.29) is 23.6 Å². The molecule has 0 radical (unpaired) electrons. The highest BCUT2D eigenvalue weighted by Gasteiger charge is 2.63. The van der Waals surface area contributed by atoms with Gasteiger partial charge in [0.1, 0.15) is 5.82 Å². The monoisotopic (exact) mass is 269 g/mol. The highest BCUT2D eigenvalue weighted by molar-refractivity contribution is 5.85. The van der Waals surface area contributed by atoms with Crippen LogP contribution in [0.2, 0.25) is 0 Å². The number of benzene rings is 1. The van der Waals surface area contributed by atoms with Gasteiger partial charge in [-0.05, 0) is 49.4 Å². The van der Waals surface area contributed by atoms with Crippen molar-refractivity contribution in [2.45, 2.75) is 44.6 Å². The van der Waals surface area contributed by atoms with Gasteiger partial charge in [0.05, 0.1) is 0 Å². The van der Waals surface area contributed by atoms with Crippen LogP contribution in [0.15, 0.2) is 18.2 Å². The Hall–Kier alpha value is -0.600. The molecule has 1 aliphatic heterocycles. The van der Waals surface area contributed by atoms with Crippen molar-refractivity contribution in [1.29, 1.82) is 0 Å². The molecule has 2 aliphatic rings. The zero-order valence-electron chi connectivity index (χ0n) is 11.0. The molecule has 1 aliphatic carbocycles. The predicted octanol–water partition coefficient (Wildman–Crippen LogP) is 3.59. The first kappa shape index (κ1) is 13.8. The highest BCUT2D eigenvalue weighted by Crippen LogP contribution is 2.60. The van der Waals surface area contributed by atoms with Gasteiger partial charge in [-0.2, -0.15) is 0 Å². The van der Waals surface area contributed by atoms with E-state index in [9.17, 15) is 4.39 Å².